The van der Waals surface area contributed by atoms with Crippen LogP contribution in [0.3, 0.4) is 0 Å². The molecule has 1 aliphatic rings. The highest BCUT2D eigenvalue weighted by atomic mass is 32.1. The van der Waals surface area contributed by atoms with Crippen LogP contribution in [0.15, 0.2) is 23.3 Å². The molecule has 1 heterocycles. The zero-order chi connectivity index (χ0) is 6.81. The molecule has 0 N–H and O–H groups in total. The van der Waals surface area contributed by atoms with Gasteiger partial charge in [-0.05, 0) is 42.0 Å². The zero-order valence-corrected chi connectivity index (χ0v) is 6.45. The molecule has 0 saturated heterocycles. The van der Waals surface area contributed by atoms with E-state index in [1.807, 2.05) is 11.3 Å². The molecule has 2 rings (SSSR count). The lowest BCUT2D eigenvalue weighted by Gasteiger charge is -1.90. The van der Waals surface area contributed by atoms with Crippen LogP contribution in [0.4, 0.5) is 0 Å². The van der Waals surface area contributed by atoms with Crippen LogP contribution in [0.5, 0.6) is 0 Å². The van der Waals surface area contributed by atoms with Crippen LogP contribution in [0.25, 0.3) is 6.08 Å². The molecule has 0 bridgehead atoms. The van der Waals surface area contributed by atoms with Crippen LogP contribution in [0, 0.1) is 0 Å². The smallest absolute Gasteiger partial charge is 0.0127 e. The molecule has 0 aliphatic heterocycles. The van der Waals surface area contributed by atoms with Crippen molar-refractivity contribution in [3.63, 3.8) is 0 Å². The maximum absolute atomic E-state index is 3.15. The molecule has 0 nitrogen and oxygen atoms in total. The van der Waals surface area contributed by atoms with Gasteiger partial charge in [-0.1, -0.05) is 0 Å². The maximum atomic E-state index is 3.15. The fourth-order valence-corrected chi connectivity index (χ4v) is 2.00. The Kier molecular flexibility index (Phi) is 1.46. The molecule has 1 heteroatoms. The Bertz CT molecular complexity index is 287. The summed E-state index contributed by atoms with van der Waals surface area (Å²) in [5, 5.41) is 2.15. The van der Waals surface area contributed by atoms with E-state index in [-0.39, 0.29) is 0 Å². The molecule has 0 fully saturated rings. The van der Waals surface area contributed by atoms with E-state index in [0.717, 1.165) is 6.42 Å². The third-order valence-electron chi connectivity index (χ3n) is 1.65. The average molecular weight is 148 g/mol. The molecule has 1 aliphatic carbocycles. The summed E-state index contributed by atoms with van der Waals surface area (Å²) in [5.74, 6) is 0. The Morgan fingerprint density at radius 2 is 2.50 bits per heavy atom. The van der Waals surface area contributed by atoms with Gasteiger partial charge in [0.05, 0.1) is 0 Å². The van der Waals surface area contributed by atoms with Crippen molar-refractivity contribution in [1.29, 1.82) is 0 Å². The summed E-state index contributed by atoms with van der Waals surface area (Å²) >= 11 is 1.85. The molecule has 0 unspecified atom stereocenters. The van der Waals surface area contributed by atoms with E-state index < -0.39 is 0 Å². The normalized spacial score (nSPS) is 14.8. The first-order chi connectivity index (χ1) is 4.97. The van der Waals surface area contributed by atoms with Crippen molar-refractivity contribution in [3.8, 4) is 0 Å². The highest BCUT2D eigenvalue weighted by molar-refractivity contribution is 7.10. The van der Waals surface area contributed by atoms with Gasteiger partial charge >= 0.3 is 0 Å². The van der Waals surface area contributed by atoms with Crippen molar-refractivity contribution < 1.29 is 0 Å². The van der Waals surface area contributed by atoms with Gasteiger partial charge in [-0.2, -0.15) is 0 Å². The second-order valence-corrected chi connectivity index (χ2v) is 3.35. The highest BCUT2D eigenvalue weighted by Crippen LogP contribution is 2.21. The van der Waals surface area contributed by atoms with Crippen LogP contribution >= 0.6 is 11.3 Å². The van der Waals surface area contributed by atoms with E-state index in [1.54, 1.807) is 0 Å². The topological polar surface area (TPSA) is 0 Å². The summed E-state index contributed by atoms with van der Waals surface area (Å²) in [5.41, 5.74) is 4.51. The van der Waals surface area contributed by atoms with Gasteiger partial charge in [0.25, 0.3) is 0 Å². The molecule has 10 heavy (non-hydrogen) atoms. The number of thiophene rings is 1. The van der Waals surface area contributed by atoms with Gasteiger partial charge in [0.2, 0.25) is 0 Å². The van der Waals surface area contributed by atoms with Gasteiger partial charge in [0.15, 0.2) is 0 Å². The van der Waals surface area contributed by atoms with Crippen molar-refractivity contribution in [2.45, 2.75) is 12.8 Å². The first-order valence-corrected chi connectivity index (χ1v) is 4.32. The van der Waals surface area contributed by atoms with Gasteiger partial charge in [0.1, 0.15) is 0 Å². The SMILES string of the molecule is C1=CCCc2sccc2C=1. The predicted molar refractivity (Wildman–Crippen MR) is 45.2 cm³/mol. The summed E-state index contributed by atoms with van der Waals surface area (Å²) in [6, 6.07) is 2.16. The minimum absolute atomic E-state index is 1.14. The molecular weight excluding hydrogens is 140 g/mol. The second kappa shape index (κ2) is 2.45. The second-order valence-electron chi connectivity index (χ2n) is 2.35. The average Bonchev–Trinajstić information content (AvgIpc) is 2.28. The van der Waals surface area contributed by atoms with Crippen LogP contribution in [-0.4, -0.2) is 0 Å². The summed E-state index contributed by atoms with van der Waals surface area (Å²) in [4.78, 5) is 1.50. The Hall–Kier alpha value is -0.780. The van der Waals surface area contributed by atoms with Crippen LogP contribution in [0.2, 0.25) is 0 Å². The third kappa shape index (κ3) is 0.942. The number of fused-ring (bicyclic) bond motifs is 1. The van der Waals surface area contributed by atoms with Gasteiger partial charge in [-0.15, -0.1) is 17.1 Å². The molecule has 0 saturated carbocycles. The number of aryl methyl sites for hydroxylation is 1. The van der Waals surface area contributed by atoms with Crippen molar-refractivity contribution in [2.75, 3.05) is 0 Å². The molecular formula is C9H8S. The monoisotopic (exact) mass is 148 g/mol. The highest BCUT2D eigenvalue weighted by Gasteiger charge is 2.00. The van der Waals surface area contributed by atoms with Crippen LogP contribution in [0.1, 0.15) is 16.9 Å². The first kappa shape index (κ1) is 5.96. The summed E-state index contributed by atoms with van der Waals surface area (Å²) in [6.07, 6.45) is 6.51. The maximum Gasteiger partial charge on any atom is 0.0127 e. The minimum Gasteiger partial charge on any atom is -0.148 e. The van der Waals surface area contributed by atoms with Crippen LogP contribution in [-0.2, 0) is 6.42 Å². The molecule has 1 aromatic rings. The first-order valence-electron chi connectivity index (χ1n) is 3.44. The van der Waals surface area contributed by atoms with Crippen molar-refractivity contribution in [1.82, 2.24) is 0 Å². The zero-order valence-electron chi connectivity index (χ0n) is 5.63. The molecule has 0 amide bonds. The molecule has 50 valence electrons. The summed E-state index contributed by atoms with van der Waals surface area (Å²) in [6.45, 7) is 0. The fraction of sp³-hybridized carbons (Fsp3) is 0.222. The van der Waals surface area contributed by atoms with E-state index in [1.165, 1.54) is 16.9 Å². The lowest BCUT2D eigenvalue weighted by atomic mass is 10.2. The summed E-state index contributed by atoms with van der Waals surface area (Å²) in [7, 11) is 0. The number of hydrogen-bond acceptors (Lipinski definition) is 1. The van der Waals surface area contributed by atoms with Crippen molar-refractivity contribution >= 4 is 17.4 Å². The Morgan fingerprint density at radius 3 is 3.50 bits per heavy atom. The van der Waals surface area contributed by atoms with Gasteiger partial charge in [0, 0.05) is 4.88 Å². The molecule has 0 radical (unpaired) electrons. The van der Waals surface area contributed by atoms with Gasteiger partial charge in [-0.3, -0.25) is 0 Å². The number of hydrogen-bond donors (Lipinski definition) is 0. The predicted octanol–water partition coefficient (Wildman–Crippen LogP) is 2.86. The third-order valence-corrected chi connectivity index (χ3v) is 2.65. The Balaban J connectivity index is 2.54. The van der Waals surface area contributed by atoms with E-state index in [2.05, 4.69) is 29.3 Å². The fourth-order valence-electron chi connectivity index (χ4n) is 1.12. The molecule has 0 atom stereocenters. The summed E-state index contributed by atoms with van der Waals surface area (Å²) < 4.78 is 0. The minimum atomic E-state index is 1.14. The van der Waals surface area contributed by atoms with Gasteiger partial charge in [-0.25, -0.2) is 0 Å². The van der Waals surface area contributed by atoms with E-state index in [0.29, 0.717) is 0 Å². The van der Waals surface area contributed by atoms with Gasteiger partial charge < -0.3 is 0 Å². The van der Waals surface area contributed by atoms with E-state index >= 15 is 0 Å². The molecule has 0 aromatic carbocycles. The van der Waals surface area contributed by atoms with E-state index in [4.69, 9.17) is 0 Å². The lowest BCUT2D eigenvalue weighted by molar-refractivity contribution is 1.03. The largest absolute Gasteiger partial charge is 0.148 e. The Morgan fingerprint density at radius 1 is 1.50 bits per heavy atom. The molecule has 1 aromatic heterocycles. The van der Waals surface area contributed by atoms with Crippen LogP contribution < -0.4 is 0 Å². The van der Waals surface area contributed by atoms with Crippen molar-refractivity contribution in [3.05, 3.63) is 33.7 Å². The lowest BCUT2D eigenvalue weighted by Crippen LogP contribution is -1.77. The van der Waals surface area contributed by atoms with Crippen molar-refractivity contribution in [2.24, 2.45) is 0 Å². The Labute approximate surface area is 64.5 Å². The quantitative estimate of drug-likeness (QED) is 0.496. The molecule has 0 spiro atoms. The number of rotatable bonds is 0. The van der Waals surface area contributed by atoms with E-state index in [9.17, 15) is 0 Å². The standard InChI is InChI=1S/C9H8S/c1-2-4-8-6-7-10-9(8)5-3-1/h1,4,6-7H,3,5H2. The number of allylic oxidation sites excluding steroid dienone is 1.